The minimum absolute atomic E-state index is 0.0433. The summed E-state index contributed by atoms with van der Waals surface area (Å²) in [7, 11) is 1.51. The molecule has 7 nitrogen and oxygen atoms in total. The number of methoxy groups -OCH3 is 1. The molecule has 0 spiro atoms. The van der Waals surface area contributed by atoms with E-state index < -0.39 is 34.8 Å². The van der Waals surface area contributed by atoms with Gasteiger partial charge in [0, 0.05) is 28.9 Å². The van der Waals surface area contributed by atoms with Crippen molar-refractivity contribution in [1.29, 1.82) is 5.26 Å². The fourth-order valence-corrected chi connectivity index (χ4v) is 4.95. The topological polar surface area (TPSA) is 85.7 Å². The third-order valence-corrected chi connectivity index (χ3v) is 6.87. The van der Waals surface area contributed by atoms with E-state index in [-0.39, 0.29) is 18.7 Å². The molecule has 3 amide bonds. The Morgan fingerprint density at radius 3 is 2.43 bits per heavy atom. The van der Waals surface area contributed by atoms with E-state index in [0.717, 1.165) is 33.5 Å². The number of fused-ring (bicyclic) bond motifs is 2. The maximum atomic E-state index is 13.6. The summed E-state index contributed by atoms with van der Waals surface area (Å²) in [5.41, 5.74) is -0.340. The fraction of sp³-hybridized carbons (Fsp3) is 0.222. The lowest BCUT2D eigenvalue weighted by atomic mass is 9.83. The second-order valence-corrected chi connectivity index (χ2v) is 9.06. The molecule has 5 rings (SSSR count). The molecule has 2 aliphatic heterocycles. The Morgan fingerprint density at radius 1 is 1.05 bits per heavy atom. The van der Waals surface area contributed by atoms with Gasteiger partial charge >= 0.3 is 12.2 Å². The SMILES string of the molecule is COc1ccc(Nc2ccccc2)c2c1CC1(C)C(=O)N(c3ccc(C#N)c(C(F)(F)F)c3)C(=O)N1C2. The number of nitriles is 1. The molecule has 0 aliphatic carbocycles. The molecule has 10 heteroatoms. The number of carbonyl (C=O) groups excluding carboxylic acids is 2. The van der Waals surface area contributed by atoms with Crippen LogP contribution in [0.2, 0.25) is 0 Å². The molecule has 2 aliphatic rings. The predicted molar refractivity (Wildman–Crippen MR) is 129 cm³/mol. The van der Waals surface area contributed by atoms with Crippen LogP contribution in [0.5, 0.6) is 5.75 Å². The second kappa shape index (κ2) is 8.55. The molecule has 0 saturated carbocycles. The molecule has 0 aromatic heterocycles. The van der Waals surface area contributed by atoms with Crippen molar-refractivity contribution < 1.29 is 27.5 Å². The minimum atomic E-state index is -4.83. The van der Waals surface area contributed by atoms with Crippen LogP contribution in [0, 0.1) is 11.3 Å². The minimum Gasteiger partial charge on any atom is -0.496 e. The third kappa shape index (κ3) is 3.83. The summed E-state index contributed by atoms with van der Waals surface area (Å²) in [4.78, 5) is 29.3. The number of urea groups is 1. The van der Waals surface area contributed by atoms with Crippen LogP contribution in [0.15, 0.2) is 60.7 Å². The number of benzene rings is 3. The van der Waals surface area contributed by atoms with E-state index in [1.807, 2.05) is 36.4 Å². The van der Waals surface area contributed by atoms with Crippen LogP contribution >= 0.6 is 0 Å². The average Bonchev–Trinajstić information content (AvgIpc) is 3.07. The number of halogens is 3. The Balaban J connectivity index is 1.57. The van der Waals surface area contributed by atoms with Gasteiger partial charge in [0.2, 0.25) is 0 Å². The van der Waals surface area contributed by atoms with Crippen molar-refractivity contribution in [3.8, 4) is 11.8 Å². The molecule has 0 radical (unpaired) electrons. The molecular formula is C27H21F3N4O3. The highest BCUT2D eigenvalue weighted by Crippen LogP contribution is 2.45. The van der Waals surface area contributed by atoms with Crippen LogP contribution in [0.4, 0.5) is 35.0 Å². The van der Waals surface area contributed by atoms with Gasteiger partial charge in [-0.25, -0.2) is 9.69 Å². The van der Waals surface area contributed by atoms with Gasteiger partial charge in [-0.2, -0.15) is 18.4 Å². The predicted octanol–water partition coefficient (Wildman–Crippen LogP) is 5.61. The number of carbonyl (C=O) groups is 2. The molecule has 188 valence electrons. The summed E-state index contributed by atoms with van der Waals surface area (Å²) in [6.07, 6.45) is -4.72. The molecule has 1 N–H and O–H groups in total. The van der Waals surface area contributed by atoms with Crippen LogP contribution < -0.4 is 15.0 Å². The molecule has 1 atom stereocenters. The van der Waals surface area contributed by atoms with E-state index in [2.05, 4.69) is 5.32 Å². The van der Waals surface area contributed by atoms with E-state index in [1.54, 1.807) is 13.0 Å². The summed E-state index contributed by atoms with van der Waals surface area (Å²) in [5, 5.41) is 12.4. The number of hydrogen-bond donors (Lipinski definition) is 1. The number of para-hydroxylation sites is 1. The van der Waals surface area contributed by atoms with Crippen LogP contribution in [-0.4, -0.2) is 29.5 Å². The van der Waals surface area contributed by atoms with E-state index in [9.17, 15) is 22.8 Å². The van der Waals surface area contributed by atoms with Crippen molar-refractivity contribution >= 4 is 29.0 Å². The Hall–Kier alpha value is -4.52. The van der Waals surface area contributed by atoms with E-state index in [0.29, 0.717) is 11.8 Å². The largest absolute Gasteiger partial charge is 0.496 e. The first kappa shape index (κ1) is 24.2. The van der Waals surface area contributed by atoms with Crippen LogP contribution in [0.1, 0.15) is 29.2 Å². The lowest BCUT2D eigenvalue weighted by Gasteiger charge is -2.38. The molecule has 37 heavy (non-hydrogen) atoms. The Morgan fingerprint density at radius 2 is 1.78 bits per heavy atom. The van der Waals surface area contributed by atoms with E-state index in [1.165, 1.54) is 24.1 Å². The number of anilines is 3. The highest BCUT2D eigenvalue weighted by atomic mass is 19.4. The van der Waals surface area contributed by atoms with Crippen molar-refractivity contribution in [2.45, 2.75) is 31.6 Å². The Kier molecular flexibility index (Phi) is 5.59. The Labute approximate surface area is 210 Å². The Bertz CT molecular complexity index is 1470. The van der Waals surface area contributed by atoms with Crippen LogP contribution in [0.3, 0.4) is 0 Å². The molecular weight excluding hydrogens is 485 g/mol. The third-order valence-electron chi connectivity index (χ3n) is 6.87. The first-order valence-corrected chi connectivity index (χ1v) is 11.4. The van der Waals surface area contributed by atoms with Crippen LogP contribution in [-0.2, 0) is 23.9 Å². The van der Waals surface area contributed by atoms with Crippen molar-refractivity contribution in [3.05, 3.63) is 82.9 Å². The van der Waals surface area contributed by atoms with Crippen molar-refractivity contribution in [1.82, 2.24) is 4.90 Å². The number of hydrogen-bond acceptors (Lipinski definition) is 5. The summed E-state index contributed by atoms with van der Waals surface area (Å²) < 4.78 is 46.3. The van der Waals surface area contributed by atoms with E-state index >= 15 is 0 Å². The zero-order valence-corrected chi connectivity index (χ0v) is 19.9. The molecule has 1 fully saturated rings. The van der Waals surface area contributed by atoms with Crippen molar-refractivity contribution in [3.63, 3.8) is 0 Å². The maximum absolute atomic E-state index is 13.6. The van der Waals surface area contributed by atoms with Gasteiger partial charge in [-0.3, -0.25) is 4.79 Å². The fourth-order valence-electron chi connectivity index (χ4n) is 4.95. The molecule has 3 aromatic rings. The van der Waals surface area contributed by atoms with Crippen LogP contribution in [0.25, 0.3) is 0 Å². The highest BCUT2D eigenvalue weighted by molar-refractivity contribution is 6.23. The second-order valence-electron chi connectivity index (χ2n) is 9.06. The number of ether oxygens (including phenoxy) is 1. The number of rotatable bonds is 4. The van der Waals surface area contributed by atoms with Gasteiger partial charge in [0.15, 0.2) is 0 Å². The summed E-state index contributed by atoms with van der Waals surface area (Å²) in [6.45, 7) is 1.64. The number of nitrogens with one attached hydrogen (secondary N) is 1. The smallest absolute Gasteiger partial charge is 0.417 e. The standard InChI is InChI=1S/C27H21F3N4O3/c1-26-13-19-20(22(10-11-23(19)37-2)32-17-6-4-3-5-7-17)15-33(26)25(36)34(24(26)35)18-9-8-16(14-31)21(12-18)27(28,29)30/h3-12,32H,13,15H2,1-2H3. The summed E-state index contributed by atoms with van der Waals surface area (Å²) in [5.74, 6) is -0.102. The number of nitrogens with zero attached hydrogens (tertiary/aromatic N) is 3. The zero-order valence-electron chi connectivity index (χ0n) is 19.9. The van der Waals surface area contributed by atoms with E-state index in [4.69, 9.17) is 10.00 Å². The average molecular weight is 506 g/mol. The van der Waals surface area contributed by atoms with Gasteiger partial charge in [-0.05, 0) is 49.4 Å². The number of alkyl halides is 3. The van der Waals surface area contributed by atoms with Crippen molar-refractivity contribution in [2.75, 3.05) is 17.3 Å². The molecule has 2 heterocycles. The van der Waals surface area contributed by atoms with Gasteiger partial charge in [-0.15, -0.1) is 0 Å². The van der Waals surface area contributed by atoms with Gasteiger partial charge in [0.05, 0.1) is 36.5 Å². The molecule has 1 unspecified atom stereocenters. The maximum Gasteiger partial charge on any atom is 0.417 e. The monoisotopic (exact) mass is 506 g/mol. The normalized spacial score (nSPS) is 18.8. The number of imide groups is 1. The quantitative estimate of drug-likeness (QED) is 0.465. The highest BCUT2D eigenvalue weighted by Gasteiger charge is 2.57. The number of amides is 3. The van der Waals surface area contributed by atoms with Gasteiger partial charge in [0.25, 0.3) is 5.91 Å². The summed E-state index contributed by atoms with van der Waals surface area (Å²) in [6, 6.07) is 16.6. The lowest BCUT2D eigenvalue weighted by molar-refractivity contribution is -0.137. The molecule has 0 bridgehead atoms. The first-order chi connectivity index (χ1) is 17.6. The van der Waals surface area contributed by atoms with Gasteiger partial charge in [-0.1, -0.05) is 18.2 Å². The van der Waals surface area contributed by atoms with Crippen molar-refractivity contribution in [2.24, 2.45) is 0 Å². The first-order valence-electron chi connectivity index (χ1n) is 11.4. The summed E-state index contributed by atoms with van der Waals surface area (Å²) >= 11 is 0. The van der Waals surface area contributed by atoms with Gasteiger partial charge in [0.1, 0.15) is 11.3 Å². The van der Waals surface area contributed by atoms with Gasteiger partial charge < -0.3 is 15.0 Å². The molecule has 1 saturated heterocycles. The zero-order chi connectivity index (χ0) is 26.5. The molecule has 3 aromatic carbocycles. The lowest BCUT2D eigenvalue weighted by Crippen LogP contribution is -2.51.